The van der Waals surface area contributed by atoms with Crippen molar-refractivity contribution in [3.05, 3.63) is 106 Å². The molecule has 0 aliphatic carbocycles. The lowest BCUT2D eigenvalue weighted by Crippen LogP contribution is -2.30. The van der Waals surface area contributed by atoms with Gasteiger partial charge in [-0.25, -0.2) is 14.4 Å². The van der Waals surface area contributed by atoms with Crippen LogP contribution in [-0.4, -0.2) is 56.3 Å². The van der Waals surface area contributed by atoms with Gasteiger partial charge in [-0.3, -0.25) is 0 Å². The minimum atomic E-state index is -4.80. The molecule has 0 aromatic heterocycles. The van der Waals surface area contributed by atoms with Gasteiger partial charge in [0.25, 0.3) is 0 Å². The van der Waals surface area contributed by atoms with Crippen LogP contribution in [-0.2, 0) is 31.2 Å². The van der Waals surface area contributed by atoms with E-state index in [2.05, 4.69) is 30.7 Å². The molecule has 0 radical (unpaired) electrons. The third-order valence-corrected chi connectivity index (χ3v) is 8.01. The quantitative estimate of drug-likeness (QED) is 0.105. The maximum absolute atomic E-state index is 13.3. The average molecular weight is 743 g/mol. The number of rotatable bonds is 12. The molecule has 0 N–H and O–H groups in total. The largest absolute Gasteiger partial charge is 0.462 e. The van der Waals surface area contributed by atoms with Crippen LogP contribution in [0.5, 0.6) is 0 Å². The van der Waals surface area contributed by atoms with E-state index in [9.17, 15) is 53.9 Å². The molecule has 0 saturated carbocycles. The number of esters is 3. The summed E-state index contributed by atoms with van der Waals surface area (Å²) in [5, 5.41) is 18.4. The van der Waals surface area contributed by atoms with Crippen LogP contribution in [0.15, 0.2) is 103 Å². The number of hydrogen-bond acceptors (Lipinski definition) is 12. The standard InChI is InChI=1S/C31H19F9N6O6/c32-29(33,34)26(41-42-26)20-7-1-17(2-8-20)23(47)50-13-16(14-51-24(48)18-3-9-21(10-4-18)27(43-44-27)30(35,36)37)15-52-25(49)19-5-11-22(12-6-19)28(45-46-28)31(38,39)40/h1-12,16H,13-15H2. The van der Waals surface area contributed by atoms with E-state index >= 15 is 0 Å². The molecule has 3 aliphatic heterocycles. The molecule has 6 rings (SSSR count). The average Bonchev–Trinajstić information content (AvgIpc) is 3.96. The highest BCUT2D eigenvalue weighted by atomic mass is 19.4. The zero-order valence-corrected chi connectivity index (χ0v) is 25.7. The van der Waals surface area contributed by atoms with E-state index in [1.165, 1.54) is 0 Å². The summed E-state index contributed by atoms with van der Waals surface area (Å²) < 4.78 is 135. The Hall–Kier alpha value is -5.76. The first-order chi connectivity index (χ1) is 24.3. The van der Waals surface area contributed by atoms with E-state index in [1.807, 2.05) is 0 Å². The van der Waals surface area contributed by atoms with Crippen molar-refractivity contribution in [1.29, 1.82) is 0 Å². The van der Waals surface area contributed by atoms with Gasteiger partial charge in [-0.05, 0) is 36.4 Å². The third kappa shape index (κ3) is 6.68. The van der Waals surface area contributed by atoms with Crippen molar-refractivity contribution in [2.45, 2.75) is 35.5 Å². The number of ether oxygens (including phenoxy) is 3. The van der Waals surface area contributed by atoms with Gasteiger partial charge in [-0.1, -0.05) is 36.4 Å². The van der Waals surface area contributed by atoms with E-state index in [0.29, 0.717) is 0 Å². The Labute approximate surface area is 284 Å². The van der Waals surface area contributed by atoms with Crippen LogP contribution in [0, 0.1) is 5.92 Å². The SMILES string of the molecule is O=C(OCC(COC(=O)c1ccc(C2(C(F)(F)F)N=N2)cc1)COC(=O)c1ccc(C2(C(F)(F)F)N=N2)cc1)c1ccc(C2(C(F)(F)F)N=N2)cc1. The number of halogens is 9. The fraction of sp³-hybridized carbons (Fsp3) is 0.323. The summed E-state index contributed by atoms with van der Waals surface area (Å²) in [6.45, 7) is -1.78. The Balaban J connectivity index is 1.10. The van der Waals surface area contributed by atoms with Crippen LogP contribution in [0.2, 0.25) is 0 Å². The number of alkyl halides is 9. The van der Waals surface area contributed by atoms with Gasteiger partial charge in [0.15, 0.2) is 0 Å². The lowest BCUT2D eigenvalue weighted by atomic mass is 10.0. The van der Waals surface area contributed by atoms with Crippen LogP contribution in [0.4, 0.5) is 39.5 Å². The van der Waals surface area contributed by atoms with Crippen molar-refractivity contribution in [2.24, 2.45) is 36.6 Å². The van der Waals surface area contributed by atoms with E-state index in [0.717, 1.165) is 72.8 Å². The van der Waals surface area contributed by atoms with Crippen molar-refractivity contribution >= 4 is 17.9 Å². The summed E-state index contributed by atoms with van der Waals surface area (Å²) in [7, 11) is 0. The Kier molecular flexibility index (Phi) is 8.65. The van der Waals surface area contributed by atoms with Crippen molar-refractivity contribution in [3.8, 4) is 0 Å². The fourth-order valence-corrected chi connectivity index (χ4v) is 4.82. The molecule has 0 unspecified atom stereocenters. The molecule has 0 fully saturated rings. The number of nitrogens with zero attached hydrogens (tertiary/aromatic N) is 6. The van der Waals surface area contributed by atoms with E-state index in [4.69, 9.17) is 14.2 Å². The summed E-state index contributed by atoms with van der Waals surface area (Å²) in [6.07, 6.45) is -14.4. The summed E-state index contributed by atoms with van der Waals surface area (Å²) in [5.41, 5.74) is -9.78. The topological polar surface area (TPSA) is 153 Å². The molecule has 12 nitrogen and oxygen atoms in total. The number of hydrogen-bond donors (Lipinski definition) is 0. The molecule has 0 spiro atoms. The molecule has 0 saturated heterocycles. The smallest absolute Gasteiger partial charge is 0.442 e. The second-order valence-electron chi connectivity index (χ2n) is 11.5. The summed E-state index contributed by atoms with van der Waals surface area (Å²) in [4.78, 5) is 38.2. The molecule has 3 aliphatic rings. The number of carbonyl (C=O) groups is 3. The van der Waals surface area contributed by atoms with Crippen molar-refractivity contribution in [2.75, 3.05) is 19.8 Å². The lowest BCUT2D eigenvalue weighted by Gasteiger charge is -2.18. The summed E-state index contributed by atoms with van der Waals surface area (Å²) >= 11 is 0. The highest BCUT2D eigenvalue weighted by Gasteiger charge is 2.66. The van der Waals surface area contributed by atoms with Gasteiger partial charge in [0.2, 0.25) is 0 Å². The minimum absolute atomic E-state index is 0.189. The number of carbonyl (C=O) groups excluding carboxylic acids is 3. The van der Waals surface area contributed by atoms with Gasteiger partial charge in [0, 0.05) is 16.7 Å². The first-order valence-corrected chi connectivity index (χ1v) is 14.7. The van der Waals surface area contributed by atoms with Crippen LogP contribution < -0.4 is 0 Å². The molecule has 0 amide bonds. The Bertz CT molecular complexity index is 1730. The predicted octanol–water partition coefficient (Wildman–Crippen LogP) is 7.72. The monoisotopic (exact) mass is 742 g/mol. The van der Waals surface area contributed by atoms with E-state index in [1.54, 1.807) is 0 Å². The van der Waals surface area contributed by atoms with Crippen molar-refractivity contribution in [3.63, 3.8) is 0 Å². The lowest BCUT2D eigenvalue weighted by molar-refractivity contribution is -0.166. The molecule has 0 bridgehead atoms. The first kappa shape index (κ1) is 36.0. The highest BCUT2D eigenvalue weighted by molar-refractivity contribution is 5.90. The summed E-state index contributed by atoms with van der Waals surface area (Å²) in [5.74, 6) is -4.19. The Morgan fingerprint density at radius 3 is 0.827 bits per heavy atom. The Morgan fingerprint density at radius 1 is 0.442 bits per heavy atom. The van der Waals surface area contributed by atoms with Crippen LogP contribution >= 0.6 is 0 Å². The first-order valence-electron chi connectivity index (χ1n) is 14.7. The zero-order chi connectivity index (χ0) is 37.7. The van der Waals surface area contributed by atoms with E-state index < -0.39 is 79.2 Å². The molecule has 3 heterocycles. The molecule has 3 aromatic rings. The maximum atomic E-state index is 13.3. The Morgan fingerprint density at radius 2 is 0.654 bits per heavy atom. The molecular weight excluding hydrogens is 723 g/mol. The molecular formula is C31H19F9N6O6. The van der Waals surface area contributed by atoms with Crippen LogP contribution in [0.1, 0.15) is 47.8 Å². The van der Waals surface area contributed by atoms with Crippen molar-refractivity contribution in [1.82, 2.24) is 0 Å². The zero-order valence-electron chi connectivity index (χ0n) is 25.7. The molecule has 272 valence electrons. The maximum Gasteiger partial charge on any atom is 0.442 e. The van der Waals surface area contributed by atoms with Gasteiger partial charge >= 0.3 is 53.4 Å². The molecule has 0 atom stereocenters. The van der Waals surface area contributed by atoms with Gasteiger partial charge in [-0.2, -0.15) is 39.5 Å². The molecule has 21 heteroatoms. The van der Waals surface area contributed by atoms with Gasteiger partial charge < -0.3 is 14.2 Å². The van der Waals surface area contributed by atoms with E-state index in [-0.39, 0.29) is 33.4 Å². The van der Waals surface area contributed by atoms with Crippen LogP contribution in [0.25, 0.3) is 0 Å². The second kappa shape index (κ2) is 12.5. The second-order valence-corrected chi connectivity index (χ2v) is 11.5. The van der Waals surface area contributed by atoms with Crippen molar-refractivity contribution < 1.29 is 68.1 Å². The highest BCUT2D eigenvalue weighted by Crippen LogP contribution is 2.54. The predicted molar refractivity (Wildman–Crippen MR) is 151 cm³/mol. The number of benzene rings is 3. The fourth-order valence-electron chi connectivity index (χ4n) is 4.82. The summed E-state index contributed by atoms with van der Waals surface area (Å²) in [6, 6.07) is 12.1. The normalized spacial score (nSPS) is 17.4. The molecule has 52 heavy (non-hydrogen) atoms. The van der Waals surface area contributed by atoms with Gasteiger partial charge in [0.05, 0.1) is 22.6 Å². The van der Waals surface area contributed by atoms with Gasteiger partial charge in [-0.15, -0.1) is 30.7 Å². The minimum Gasteiger partial charge on any atom is -0.462 e. The van der Waals surface area contributed by atoms with Crippen LogP contribution in [0.3, 0.4) is 0 Å². The molecule has 3 aromatic carbocycles. The van der Waals surface area contributed by atoms with Gasteiger partial charge in [0.1, 0.15) is 19.8 Å². The third-order valence-electron chi connectivity index (χ3n) is 8.01.